The van der Waals surface area contributed by atoms with Crippen LogP contribution in [0.15, 0.2) is 42.5 Å². The molecule has 0 aromatic heterocycles. The summed E-state index contributed by atoms with van der Waals surface area (Å²) < 4.78 is 5.04. The Labute approximate surface area is 121 Å². The molecule has 0 aliphatic rings. The van der Waals surface area contributed by atoms with Gasteiger partial charge in [-0.3, -0.25) is 4.79 Å². The minimum atomic E-state index is -0.325. The van der Waals surface area contributed by atoms with Crippen molar-refractivity contribution in [1.82, 2.24) is 0 Å². The van der Waals surface area contributed by atoms with Crippen molar-refractivity contribution >= 4 is 23.2 Å². The molecule has 20 heavy (non-hydrogen) atoms. The Kier molecular flexibility index (Phi) is 4.24. The number of amides is 1. The van der Waals surface area contributed by atoms with E-state index in [-0.39, 0.29) is 5.91 Å². The monoisotopic (exact) mass is 286 g/mol. The number of methoxy groups -OCH3 is 1. The highest BCUT2D eigenvalue weighted by Crippen LogP contribution is 2.27. The van der Waals surface area contributed by atoms with E-state index in [0.717, 1.165) is 0 Å². The Hall–Kier alpha value is -2.51. The molecule has 2 aromatic carbocycles. The number of carbonyl (C=O) groups is 1. The van der Waals surface area contributed by atoms with Crippen LogP contribution in [0.25, 0.3) is 0 Å². The van der Waals surface area contributed by atoms with E-state index >= 15 is 0 Å². The third kappa shape index (κ3) is 3.08. The van der Waals surface area contributed by atoms with E-state index in [1.807, 2.05) is 6.07 Å². The van der Waals surface area contributed by atoms with Crippen LogP contribution >= 0.6 is 11.6 Å². The van der Waals surface area contributed by atoms with Crippen molar-refractivity contribution in [2.45, 2.75) is 0 Å². The first-order chi connectivity index (χ1) is 9.63. The molecule has 2 aromatic rings. The molecule has 1 N–H and O–H groups in total. The quantitative estimate of drug-likeness (QED) is 0.939. The molecule has 0 unspecified atom stereocenters. The van der Waals surface area contributed by atoms with E-state index in [9.17, 15) is 4.79 Å². The molecule has 0 saturated carbocycles. The van der Waals surface area contributed by atoms with Crippen LogP contribution in [0.2, 0.25) is 5.02 Å². The van der Waals surface area contributed by atoms with Gasteiger partial charge in [0.2, 0.25) is 0 Å². The highest BCUT2D eigenvalue weighted by atomic mass is 35.5. The van der Waals surface area contributed by atoms with E-state index in [1.54, 1.807) is 36.4 Å². The van der Waals surface area contributed by atoms with Crippen LogP contribution in [0, 0.1) is 11.3 Å². The molecule has 0 radical (unpaired) electrons. The van der Waals surface area contributed by atoms with Gasteiger partial charge in [-0.15, -0.1) is 0 Å². The maximum atomic E-state index is 12.1. The SMILES string of the molecule is COc1ccc(NC(=O)c2cccc(C#N)c2)c(Cl)c1. The standard InChI is InChI=1S/C15H11ClN2O2/c1-20-12-5-6-14(13(16)8-12)18-15(19)11-4-2-3-10(7-11)9-17/h2-8H,1H3,(H,18,19). The van der Waals surface area contributed by atoms with Gasteiger partial charge in [-0.2, -0.15) is 5.26 Å². The minimum absolute atomic E-state index is 0.325. The summed E-state index contributed by atoms with van der Waals surface area (Å²) in [5.74, 6) is 0.286. The molecule has 100 valence electrons. The van der Waals surface area contributed by atoms with Crippen molar-refractivity contribution < 1.29 is 9.53 Å². The molecule has 0 bridgehead atoms. The predicted octanol–water partition coefficient (Wildman–Crippen LogP) is 3.47. The number of ether oxygens (including phenoxy) is 1. The van der Waals surface area contributed by atoms with Crippen molar-refractivity contribution in [2.75, 3.05) is 12.4 Å². The molecule has 0 saturated heterocycles. The molecule has 0 fully saturated rings. The first-order valence-electron chi connectivity index (χ1n) is 5.79. The number of nitrogens with zero attached hydrogens (tertiary/aromatic N) is 1. The lowest BCUT2D eigenvalue weighted by Crippen LogP contribution is -2.12. The van der Waals surface area contributed by atoms with Gasteiger partial charge < -0.3 is 10.1 Å². The second-order valence-corrected chi connectivity index (χ2v) is 4.40. The molecule has 0 atom stereocenters. The molecular weight excluding hydrogens is 276 g/mol. The van der Waals surface area contributed by atoms with Crippen LogP contribution in [-0.2, 0) is 0 Å². The number of hydrogen-bond donors (Lipinski definition) is 1. The third-order valence-electron chi connectivity index (χ3n) is 2.68. The minimum Gasteiger partial charge on any atom is -0.497 e. The molecule has 2 rings (SSSR count). The van der Waals surface area contributed by atoms with Crippen molar-refractivity contribution in [2.24, 2.45) is 0 Å². The molecule has 5 heteroatoms. The van der Waals surface area contributed by atoms with Gasteiger partial charge in [-0.05, 0) is 30.3 Å². The van der Waals surface area contributed by atoms with Gasteiger partial charge in [0, 0.05) is 11.6 Å². The summed E-state index contributed by atoms with van der Waals surface area (Å²) in [5.41, 5.74) is 1.31. The van der Waals surface area contributed by atoms with Gasteiger partial charge in [0.15, 0.2) is 0 Å². The van der Waals surface area contributed by atoms with E-state index < -0.39 is 0 Å². The lowest BCUT2D eigenvalue weighted by Gasteiger charge is -2.08. The molecule has 0 heterocycles. The number of nitriles is 1. The lowest BCUT2D eigenvalue weighted by atomic mass is 10.1. The molecule has 1 amide bonds. The second kappa shape index (κ2) is 6.09. The van der Waals surface area contributed by atoms with Crippen molar-refractivity contribution in [3.05, 3.63) is 58.6 Å². The number of nitrogens with one attached hydrogen (secondary N) is 1. The zero-order chi connectivity index (χ0) is 14.5. The fraction of sp³-hybridized carbons (Fsp3) is 0.0667. The lowest BCUT2D eigenvalue weighted by molar-refractivity contribution is 0.102. The van der Waals surface area contributed by atoms with Crippen molar-refractivity contribution in [1.29, 1.82) is 5.26 Å². The average molecular weight is 287 g/mol. The van der Waals surface area contributed by atoms with Crippen LogP contribution in [0.1, 0.15) is 15.9 Å². The average Bonchev–Trinajstić information content (AvgIpc) is 2.49. The second-order valence-electron chi connectivity index (χ2n) is 3.99. The summed E-state index contributed by atoms with van der Waals surface area (Å²) in [7, 11) is 1.54. The first kappa shape index (κ1) is 13.9. The number of carbonyl (C=O) groups excluding carboxylic acids is 1. The summed E-state index contributed by atoms with van der Waals surface area (Å²) in [6.45, 7) is 0. The van der Waals surface area contributed by atoms with Gasteiger partial charge in [0.1, 0.15) is 5.75 Å². The summed E-state index contributed by atoms with van der Waals surface area (Å²) in [4.78, 5) is 12.1. The first-order valence-corrected chi connectivity index (χ1v) is 6.17. The van der Waals surface area contributed by atoms with Crippen LogP contribution < -0.4 is 10.1 Å². The van der Waals surface area contributed by atoms with E-state index in [0.29, 0.717) is 27.6 Å². The summed E-state index contributed by atoms with van der Waals surface area (Å²) in [6, 6.07) is 13.4. The van der Waals surface area contributed by atoms with Gasteiger partial charge in [0.05, 0.1) is 29.5 Å². The summed E-state index contributed by atoms with van der Waals surface area (Å²) in [6.07, 6.45) is 0. The summed E-state index contributed by atoms with van der Waals surface area (Å²) >= 11 is 6.05. The normalized spacial score (nSPS) is 9.65. The van der Waals surface area contributed by atoms with Crippen LogP contribution in [0.5, 0.6) is 5.75 Å². The third-order valence-corrected chi connectivity index (χ3v) is 2.99. The van der Waals surface area contributed by atoms with Gasteiger partial charge in [-0.1, -0.05) is 17.7 Å². The Morgan fingerprint density at radius 3 is 2.75 bits per heavy atom. The van der Waals surface area contributed by atoms with Crippen LogP contribution in [0.3, 0.4) is 0 Å². The summed E-state index contributed by atoms with van der Waals surface area (Å²) in [5, 5.41) is 11.9. The Morgan fingerprint density at radius 1 is 1.30 bits per heavy atom. The molecule has 0 spiro atoms. The number of hydrogen-bond acceptors (Lipinski definition) is 3. The Bertz CT molecular complexity index is 693. The highest BCUT2D eigenvalue weighted by Gasteiger charge is 2.09. The fourth-order valence-electron chi connectivity index (χ4n) is 1.65. The Balaban J connectivity index is 2.21. The predicted molar refractivity (Wildman–Crippen MR) is 77.1 cm³/mol. The van der Waals surface area contributed by atoms with E-state index in [1.165, 1.54) is 13.2 Å². The number of rotatable bonds is 3. The zero-order valence-corrected chi connectivity index (χ0v) is 11.4. The molecular formula is C15H11ClN2O2. The van der Waals surface area contributed by atoms with Crippen LogP contribution in [-0.4, -0.2) is 13.0 Å². The molecule has 0 aliphatic heterocycles. The van der Waals surface area contributed by atoms with Crippen LogP contribution in [0.4, 0.5) is 5.69 Å². The van der Waals surface area contributed by atoms with Gasteiger partial charge in [-0.25, -0.2) is 0 Å². The maximum Gasteiger partial charge on any atom is 0.255 e. The topological polar surface area (TPSA) is 62.1 Å². The van der Waals surface area contributed by atoms with Gasteiger partial charge >= 0.3 is 0 Å². The zero-order valence-electron chi connectivity index (χ0n) is 10.7. The van der Waals surface area contributed by atoms with Crippen molar-refractivity contribution in [3.8, 4) is 11.8 Å². The van der Waals surface area contributed by atoms with Gasteiger partial charge in [0.25, 0.3) is 5.91 Å². The van der Waals surface area contributed by atoms with Crippen molar-refractivity contribution in [3.63, 3.8) is 0 Å². The number of benzene rings is 2. The number of anilines is 1. The number of halogens is 1. The highest BCUT2D eigenvalue weighted by molar-refractivity contribution is 6.34. The van der Waals surface area contributed by atoms with E-state index in [4.69, 9.17) is 21.6 Å². The smallest absolute Gasteiger partial charge is 0.255 e. The molecule has 4 nitrogen and oxygen atoms in total. The van der Waals surface area contributed by atoms with E-state index in [2.05, 4.69) is 5.32 Å². The Morgan fingerprint density at radius 2 is 2.10 bits per heavy atom. The molecule has 0 aliphatic carbocycles. The largest absolute Gasteiger partial charge is 0.497 e. The maximum absolute atomic E-state index is 12.1. The fourth-order valence-corrected chi connectivity index (χ4v) is 1.87.